The zero-order chi connectivity index (χ0) is 21.8. The predicted molar refractivity (Wildman–Crippen MR) is 123 cm³/mol. The van der Waals surface area contributed by atoms with Crippen LogP contribution in [0.4, 0.5) is 0 Å². The molecule has 0 radical (unpaired) electrons. The van der Waals surface area contributed by atoms with Crippen LogP contribution >= 0.6 is 0 Å². The summed E-state index contributed by atoms with van der Waals surface area (Å²) in [7, 11) is 0. The Morgan fingerprint density at radius 3 is 1.39 bits per heavy atom. The van der Waals surface area contributed by atoms with E-state index in [1.54, 1.807) is 0 Å². The van der Waals surface area contributed by atoms with Crippen LogP contribution in [0.1, 0.15) is 51.7 Å². The summed E-state index contributed by atoms with van der Waals surface area (Å²) in [6.45, 7) is 12.1. The number of epoxide rings is 2. The number of benzene rings is 2. The molecule has 2 fully saturated rings. The molecule has 0 bridgehead atoms. The highest BCUT2D eigenvalue weighted by Crippen LogP contribution is 2.34. The van der Waals surface area contributed by atoms with E-state index in [9.17, 15) is 0 Å². The summed E-state index contributed by atoms with van der Waals surface area (Å²) in [6, 6.07) is 17.0. The molecular formula is C27H36O4. The summed E-state index contributed by atoms with van der Waals surface area (Å²) in [5, 5.41) is 0. The van der Waals surface area contributed by atoms with Gasteiger partial charge in [0.05, 0.1) is 38.6 Å². The molecule has 2 saturated heterocycles. The molecule has 4 atom stereocenters. The van der Waals surface area contributed by atoms with E-state index >= 15 is 0 Å². The summed E-state index contributed by atoms with van der Waals surface area (Å²) in [5.74, 6) is 2.82. The first-order chi connectivity index (χ1) is 15.0. The fourth-order valence-corrected chi connectivity index (χ4v) is 4.14. The molecule has 4 nitrogen and oxygen atoms in total. The van der Waals surface area contributed by atoms with Gasteiger partial charge in [-0.1, -0.05) is 52.0 Å². The van der Waals surface area contributed by atoms with Crippen molar-refractivity contribution < 1.29 is 18.9 Å². The van der Waals surface area contributed by atoms with E-state index in [0.29, 0.717) is 24.0 Å². The third-order valence-electron chi connectivity index (χ3n) is 6.90. The molecule has 4 unspecified atom stereocenters. The lowest BCUT2D eigenvalue weighted by atomic mass is 9.78. The van der Waals surface area contributed by atoms with E-state index in [0.717, 1.165) is 50.8 Å². The van der Waals surface area contributed by atoms with Gasteiger partial charge in [-0.2, -0.15) is 0 Å². The third kappa shape index (κ3) is 5.61. The highest BCUT2D eigenvalue weighted by Gasteiger charge is 2.32. The smallest absolute Gasteiger partial charge is 0.119 e. The molecule has 4 rings (SSSR count). The van der Waals surface area contributed by atoms with Gasteiger partial charge >= 0.3 is 0 Å². The molecule has 0 aromatic heterocycles. The van der Waals surface area contributed by atoms with Crippen LogP contribution in [-0.4, -0.2) is 38.6 Å². The van der Waals surface area contributed by atoms with E-state index in [-0.39, 0.29) is 5.41 Å². The molecule has 31 heavy (non-hydrogen) atoms. The van der Waals surface area contributed by atoms with E-state index in [1.165, 1.54) is 11.1 Å². The second kappa shape index (κ2) is 9.62. The van der Waals surface area contributed by atoms with Crippen LogP contribution in [0.2, 0.25) is 0 Å². The number of hydrogen-bond acceptors (Lipinski definition) is 4. The van der Waals surface area contributed by atoms with Crippen molar-refractivity contribution in [2.24, 2.45) is 11.8 Å². The van der Waals surface area contributed by atoms with Gasteiger partial charge in [0.1, 0.15) is 11.5 Å². The molecule has 2 aliphatic heterocycles. The van der Waals surface area contributed by atoms with Gasteiger partial charge in [0.2, 0.25) is 0 Å². The summed E-state index contributed by atoms with van der Waals surface area (Å²) >= 11 is 0. The van der Waals surface area contributed by atoms with Crippen LogP contribution in [0.25, 0.3) is 0 Å². The van der Waals surface area contributed by atoms with Crippen LogP contribution in [-0.2, 0) is 14.9 Å². The minimum atomic E-state index is -0.0985. The Labute approximate surface area is 186 Å². The summed E-state index contributed by atoms with van der Waals surface area (Å²) in [5.41, 5.74) is 2.43. The van der Waals surface area contributed by atoms with Gasteiger partial charge in [0.15, 0.2) is 0 Å². The number of hydrogen-bond donors (Lipinski definition) is 0. The zero-order valence-corrected chi connectivity index (χ0v) is 19.3. The fourth-order valence-electron chi connectivity index (χ4n) is 4.14. The maximum atomic E-state index is 6.02. The Kier molecular flexibility index (Phi) is 6.88. The molecule has 168 valence electrons. The molecule has 2 aliphatic rings. The molecule has 0 spiro atoms. The van der Waals surface area contributed by atoms with Crippen LogP contribution in [0.5, 0.6) is 11.5 Å². The van der Waals surface area contributed by atoms with E-state index in [1.807, 2.05) is 0 Å². The Balaban J connectivity index is 1.34. The van der Waals surface area contributed by atoms with E-state index in [4.69, 9.17) is 18.9 Å². The maximum absolute atomic E-state index is 6.02. The second-order valence-electron chi connectivity index (χ2n) is 9.38. The van der Waals surface area contributed by atoms with Crippen LogP contribution < -0.4 is 9.47 Å². The standard InChI is InChI=1S/C27H36O4/c1-5-19(25-17-30-25)15-28-23-11-7-21(8-12-23)27(3,4)22-9-13-24(14-10-22)29-16-20(6-2)26-18-31-26/h7-14,19-20,25-26H,5-6,15-18H2,1-4H3. The van der Waals surface area contributed by atoms with Crippen molar-refractivity contribution in [3.8, 4) is 11.5 Å². The summed E-state index contributed by atoms with van der Waals surface area (Å²) in [6.07, 6.45) is 2.96. The van der Waals surface area contributed by atoms with E-state index in [2.05, 4.69) is 76.2 Å². The van der Waals surface area contributed by atoms with Crippen LogP contribution in [0.3, 0.4) is 0 Å². The molecule has 0 N–H and O–H groups in total. The molecule has 4 heteroatoms. The Morgan fingerprint density at radius 2 is 1.10 bits per heavy atom. The minimum absolute atomic E-state index is 0.0985. The lowest BCUT2D eigenvalue weighted by Gasteiger charge is -2.26. The topological polar surface area (TPSA) is 43.5 Å². The quantitative estimate of drug-likeness (QED) is 0.415. The largest absolute Gasteiger partial charge is 0.493 e. The van der Waals surface area contributed by atoms with Crippen molar-refractivity contribution in [1.29, 1.82) is 0 Å². The van der Waals surface area contributed by atoms with Crippen molar-refractivity contribution >= 4 is 0 Å². The molecular weight excluding hydrogens is 388 g/mol. The predicted octanol–water partition coefficient (Wildman–Crippen LogP) is 5.62. The minimum Gasteiger partial charge on any atom is -0.493 e. The normalized spacial score (nSPS) is 21.9. The monoisotopic (exact) mass is 424 g/mol. The number of ether oxygens (including phenoxy) is 4. The van der Waals surface area contributed by atoms with Crippen LogP contribution in [0, 0.1) is 11.8 Å². The molecule has 2 aromatic rings. The zero-order valence-electron chi connectivity index (χ0n) is 19.3. The third-order valence-corrected chi connectivity index (χ3v) is 6.90. The van der Waals surface area contributed by atoms with Gasteiger partial charge in [0, 0.05) is 17.3 Å². The SMILES string of the molecule is CCC(COc1ccc(C(C)(C)c2ccc(OCC(CC)C3CO3)cc2)cc1)C1CO1. The first kappa shape index (κ1) is 22.2. The average Bonchev–Trinajstić information content (AvgIpc) is 3.69. The fraction of sp³-hybridized carbons (Fsp3) is 0.556. The average molecular weight is 425 g/mol. The molecule has 2 heterocycles. The highest BCUT2D eigenvalue weighted by molar-refractivity contribution is 5.41. The van der Waals surface area contributed by atoms with Crippen LogP contribution in [0.15, 0.2) is 48.5 Å². The van der Waals surface area contributed by atoms with Gasteiger partial charge < -0.3 is 18.9 Å². The molecule has 0 saturated carbocycles. The van der Waals surface area contributed by atoms with Gasteiger partial charge in [-0.05, 0) is 48.2 Å². The Morgan fingerprint density at radius 1 is 0.742 bits per heavy atom. The van der Waals surface area contributed by atoms with Gasteiger partial charge in [-0.25, -0.2) is 0 Å². The molecule has 2 aromatic carbocycles. The van der Waals surface area contributed by atoms with Gasteiger partial charge in [-0.3, -0.25) is 0 Å². The lowest BCUT2D eigenvalue weighted by molar-refractivity contribution is 0.206. The van der Waals surface area contributed by atoms with Crippen molar-refractivity contribution in [2.45, 2.75) is 58.2 Å². The summed E-state index contributed by atoms with van der Waals surface area (Å²) < 4.78 is 22.9. The summed E-state index contributed by atoms with van der Waals surface area (Å²) in [4.78, 5) is 0. The number of rotatable bonds is 12. The second-order valence-corrected chi connectivity index (χ2v) is 9.38. The Hall–Kier alpha value is -2.04. The van der Waals surface area contributed by atoms with Crippen molar-refractivity contribution in [3.63, 3.8) is 0 Å². The molecule has 0 aliphatic carbocycles. The Bertz CT molecular complexity index is 750. The van der Waals surface area contributed by atoms with Crippen molar-refractivity contribution in [1.82, 2.24) is 0 Å². The molecule has 0 amide bonds. The maximum Gasteiger partial charge on any atom is 0.119 e. The van der Waals surface area contributed by atoms with Gasteiger partial charge in [0.25, 0.3) is 0 Å². The van der Waals surface area contributed by atoms with Crippen molar-refractivity contribution in [2.75, 3.05) is 26.4 Å². The lowest BCUT2D eigenvalue weighted by Crippen LogP contribution is -2.19. The first-order valence-electron chi connectivity index (χ1n) is 11.7. The van der Waals surface area contributed by atoms with E-state index < -0.39 is 0 Å². The first-order valence-corrected chi connectivity index (χ1v) is 11.7. The van der Waals surface area contributed by atoms with Crippen molar-refractivity contribution in [3.05, 3.63) is 59.7 Å². The van der Waals surface area contributed by atoms with Gasteiger partial charge in [-0.15, -0.1) is 0 Å². The highest BCUT2D eigenvalue weighted by atomic mass is 16.6.